The average molecular weight is 229 g/mol. The van der Waals surface area contributed by atoms with Crippen LogP contribution in [0.5, 0.6) is 0 Å². The summed E-state index contributed by atoms with van der Waals surface area (Å²) in [5.74, 6) is -0.495. The van der Waals surface area contributed by atoms with Gasteiger partial charge in [0.1, 0.15) is 12.0 Å². The second kappa shape index (κ2) is 3.41. The highest BCUT2D eigenvalue weighted by atomic mass is 16.4. The van der Waals surface area contributed by atoms with E-state index in [2.05, 4.69) is 20.2 Å². The van der Waals surface area contributed by atoms with E-state index in [9.17, 15) is 4.79 Å². The van der Waals surface area contributed by atoms with Gasteiger partial charge in [0.25, 0.3) is 0 Å². The van der Waals surface area contributed by atoms with Gasteiger partial charge in [0.15, 0.2) is 11.5 Å². The number of nitrogens with one attached hydrogen (secondary N) is 1. The number of aromatic carboxylic acids is 1. The molecule has 0 saturated heterocycles. The van der Waals surface area contributed by atoms with Crippen LogP contribution in [0.15, 0.2) is 30.9 Å². The van der Waals surface area contributed by atoms with Gasteiger partial charge in [-0.15, -0.1) is 0 Å². The van der Waals surface area contributed by atoms with Crippen LogP contribution in [-0.4, -0.2) is 35.6 Å². The zero-order valence-electron chi connectivity index (χ0n) is 8.53. The lowest BCUT2D eigenvalue weighted by Gasteiger charge is -1.96. The number of carbonyl (C=O) groups is 1. The molecule has 3 heterocycles. The van der Waals surface area contributed by atoms with E-state index in [0.717, 1.165) is 5.56 Å². The van der Waals surface area contributed by atoms with Gasteiger partial charge in [0.2, 0.25) is 0 Å². The van der Waals surface area contributed by atoms with Gasteiger partial charge >= 0.3 is 5.97 Å². The molecular formula is C10H7N5O2. The first-order chi connectivity index (χ1) is 8.24. The van der Waals surface area contributed by atoms with Crippen LogP contribution in [-0.2, 0) is 0 Å². The molecule has 0 radical (unpaired) electrons. The van der Waals surface area contributed by atoms with Gasteiger partial charge in [-0.1, -0.05) is 0 Å². The Morgan fingerprint density at radius 3 is 2.94 bits per heavy atom. The lowest BCUT2D eigenvalue weighted by Crippen LogP contribution is -1.94. The first kappa shape index (κ1) is 9.52. The number of aromatic amines is 1. The van der Waals surface area contributed by atoms with Crippen molar-refractivity contribution in [3.8, 4) is 11.4 Å². The number of aromatic nitrogens is 5. The van der Waals surface area contributed by atoms with Crippen molar-refractivity contribution in [1.29, 1.82) is 0 Å². The Morgan fingerprint density at radius 2 is 2.24 bits per heavy atom. The Morgan fingerprint density at radius 1 is 1.35 bits per heavy atom. The van der Waals surface area contributed by atoms with E-state index >= 15 is 0 Å². The summed E-state index contributed by atoms with van der Waals surface area (Å²) in [5, 5.41) is 15.4. The van der Waals surface area contributed by atoms with Crippen LogP contribution in [0.4, 0.5) is 0 Å². The fourth-order valence-electron chi connectivity index (χ4n) is 1.58. The molecule has 0 aliphatic carbocycles. The van der Waals surface area contributed by atoms with E-state index in [1.54, 1.807) is 22.7 Å². The number of nitrogens with zero attached hydrogens (tertiary/aromatic N) is 4. The first-order valence-corrected chi connectivity index (χ1v) is 4.82. The van der Waals surface area contributed by atoms with Crippen molar-refractivity contribution in [2.24, 2.45) is 0 Å². The molecule has 0 amide bonds. The summed E-state index contributed by atoms with van der Waals surface area (Å²) in [7, 11) is 0. The molecule has 84 valence electrons. The van der Waals surface area contributed by atoms with Crippen LogP contribution in [0.2, 0.25) is 0 Å². The average Bonchev–Trinajstić information content (AvgIpc) is 2.97. The van der Waals surface area contributed by atoms with Gasteiger partial charge in [-0.05, 0) is 12.1 Å². The molecule has 3 aromatic rings. The minimum absolute atomic E-state index is 0.0112. The monoisotopic (exact) mass is 229 g/mol. The fraction of sp³-hybridized carbons (Fsp3) is 0. The van der Waals surface area contributed by atoms with Gasteiger partial charge in [-0.25, -0.2) is 14.8 Å². The van der Waals surface area contributed by atoms with Crippen molar-refractivity contribution in [2.45, 2.75) is 0 Å². The van der Waals surface area contributed by atoms with E-state index in [1.165, 1.54) is 12.5 Å². The summed E-state index contributed by atoms with van der Waals surface area (Å²) in [6.07, 6.45) is 4.67. The number of pyridine rings is 1. The Hall–Kier alpha value is -2.70. The number of carboxylic acids is 1. The largest absolute Gasteiger partial charge is 0.476 e. The van der Waals surface area contributed by atoms with Crippen molar-refractivity contribution < 1.29 is 9.90 Å². The van der Waals surface area contributed by atoms with Crippen molar-refractivity contribution >= 4 is 11.6 Å². The Bertz CT molecular complexity index is 686. The quantitative estimate of drug-likeness (QED) is 0.678. The Kier molecular flexibility index (Phi) is 1.91. The predicted octanol–water partition coefficient (Wildman–Crippen LogP) is 0.818. The SMILES string of the molecule is O=C(O)c1cn2cc(-c3nc[nH]n3)ccc2n1. The molecule has 2 N–H and O–H groups in total. The normalized spacial score (nSPS) is 10.8. The molecule has 0 atom stereocenters. The van der Waals surface area contributed by atoms with Crippen LogP contribution in [0, 0.1) is 0 Å². The molecule has 0 bridgehead atoms. The lowest BCUT2D eigenvalue weighted by atomic mass is 10.3. The highest BCUT2D eigenvalue weighted by Crippen LogP contribution is 2.15. The van der Waals surface area contributed by atoms with E-state index in [1.807, 2.05) is 0 Å². The third-order valence-electron chi connectivity index (χ3n) is 2.34. The molecule has 7 heteroatoms. The topological polar surface area (TPSA) is 96.2 Å². The number of carboxylic acid groups (broad SMARTS) is 1. The Balaban J connectivity index is 2.16. The minimum atomic E-state index is -1.05. The van der Waals surface area contributed by atoms with Crippen molar-refractivity contribution in [2.75, 3.05) is 0 Å². The van der Waals surface area contributed by atoms with Crippen LogP contribution < -0.4 is 0 Å². The number of hydrogen-bond donors (Lipinski definition) is 2. The first-order valence-electron chi connectivity index (χ1n) is 4.82. The van der Waals surface area contributed by atoms with Crippen molar-refractivity contribution in [3.63, 3.8) is 0 Å². The molecular weight excluding hydrogens is 222 g/mol. The zero-order valence-corrected chi connectivity index (χ0v) is 8.53. The number of hydrogen-bond acceptors (Lipinski definition) is 4. The number of imidazole rings is 1. The Labute approximate surface area is 94.8 Å². The van der Waals surface area contributed by atoms with Crippen molar-refractivity contribution in [1.82, 2.24) is 24.6 Å². The van der Waals surface area contributed by atoms with Gasteiger partial charge < -0.3 is 9.51 Å². The molecule has 0 spiro atoms. The van der Waals surface area contributed by atoms with E-state index < -0.39 is 5.97 Å². The van der Waals surface area contributed by atoms with Gasteiger partial charge in [0, 0.05) is 18.0 Å². The molecule has 0 aromatic carbocycles. The smallest absolute Gasteiger partial charge is 0.356 e. The van der Waals surface area contributed by atoms with E-state index in [4.69, 9.17) is 5.11 Å². The zero-order chi connectivity index (χ0) is 11.8. The number of fused-ring (bicyclic) bond motifs is 1. The van der Waals surface area contributed by atoms with Crippen LogP contribution in [0.25, 0.3) is 17.0 Å². The summed E-state index contributed by atoms with van der Waals surface area (Å²) in [4.78, 5) is 18.7. The molecule has 0 unspecified atom stereocenters. The third-order valence-corrected chi connectivity index (χ3v) is 2.34. The molecule has 0 aliphatic heterocycles. The van der Waals surface area contributed by atoms with Crippen LogP contribution >= 0.6 is 0 Å². The van der Waals surface area contributed by atoms with E-state index in [0.29, 0.717) is 11.5 Å². The summed E-state index contributed by atoms with van der Waals surface area (Å²) >= 11 is 0. The molecule has 0 aliphatic rings. The molecule has 7 nitrogen and oxygen atoms in total. The summed E-state index contributed by atoms with van der Waals surface area (Å²) in [6, 6.07) is 3.51. The van der Waals surface area contributed by atoms with Gasteiger partial charge in [-0.3, -0.25) is 5.10 Å². The number of rotatable bonds is 2. The van der Waals surface area contributed by atoms with Gasteiger partial charge in [-0.2, -0.15) is 5.10 Å². The summed E-state index contributed by atoms with van der Waals surface area (Å²) in [6.45, 7) is 0. The highest BCUT2D eigenvalue weighted by molar-refractivity contribution is 5.86. The fourth-order valence-corrected chi connectivity index (χ4v) is 1.58. The molecule has 3 rings (SSSR count). The molecule has 17 heavy (non-hydrogen) atoms. The maximum absolute atomic E-state index is 10.8. The molecule has 0 saturated carbocycles. The molecule has 0 fully saturated rings. The number of H-pyrrole nitrogens is 1. The van der Waals surface area contributed by atoms with Crippen LogP contribution in [0.3, 0.4) is 0 Å². The standard InChI is InChI=1S/C10H7N5O2/c16-10(17)7-4-15-3-6(1-2-8(15)13-7)9-11-5-12-14-9/h1-5H,(H,16,17)(H,11,12,14). The summed E-state index contributed by atoms with van der Waals surface area (Å²) in [5.41, 5.74) is 1.37. The third kappa shape index (κ3) is 1.53. The maximum Gasteiger partial charge on any atom is 0.356 e. The molecule has 3 aromatic heterocycles. The predicted molar refractivity (Wildman–Crippen MR) is 57.5 cm³/mol. The maximum atomic E-state index is 10.8. The lowest BCUT2D eigenvalue weighted by molar-refractivity contribution is 0.0691. The van der Waals surface area contributed by atoms with Crippen LogP contribution in [0.1, 0.15) is 10.5 Å². The van der Waals surface area contributed by atoms with E-state index in [-0.39, 0.29) is 5.69 Å². The second-order valence-electron chi connectivity index (χ2n) is 3.44. The van der Waals surface area contributed by atoms with Gasteiger partial charge in [0.05, 0.1) is 0 Å². The highest BCUT2D eigenvalue weighted by Gasteiger charge is 2.09. The van der Waals surface area contributed by atoms with Crippen molar-refractivity contribution in [3.05, 3.63) is 36.5 Å². The summed E-state index contributed by atoms with van der Waals surface area (Å²) < 4.78 is 1.63. The minimum Gasteiger partial charge on any atom is -0.476 e. The second-order valence-corrected chi connectivity index (χ2v) is 3.44.